The number of nitrogens with one attached hydrogen (secondary N) is 1. The number of carbonyl (C=O) groups excluding carboxylic acids is 1. The Balaban J connectivity index is 1.99. The lowest BCUT2D eigenvalue weighted by molar-refractivity contribution is 0.0996. The maximum Gasteiger partial charge on any atom is 0.251 e. The number of carbonyl (C=O) groups is 1. The van der Waals surface area contributed by atoms with Gasteiger partial charge >= 0.3 is 0 Å². The van der Waals surface area contributed by atoms with Crippen molar-refractivity contribution in [3.8, 4) is 0 Å². The highest BCUT2D eigenvalue weighted by atomic mass is 19.1. The third-order valence-electron chi connectivity index (χ3n) is 2.79. The van der Waals surface area contributed by atoms with Gasteiger partial charge in [0.1, 0.15) is 11.9 Å². The molecule has 5 heteroatoms. The van der Waals surface area contributed by atoms with Crippen LogP contribution in [0.1, 0.15) is 23.2 Å². The zero-order valence-corrected chi connectivity index (χ0v) is 9.86. The highest BCUT2D eigenvalue weighted by Crippen LogP contribution is 2.16. The third-order valence-corrected chi connectivity index (χ3v) is 2.79. The molecule has 3 N–H and O–H groups in total. The lowest BCUT2D eigenvalue weighted by atomic mass is 10.1. The van der Waals surface area contributed by atoms with E-state index in [1.165, 1.54) is 12.1 Å². The number of rotatable bonds is 4. The van der Waals surface area contributed by atoms with Gasteiger partial charge in [-0.3, -0.25) is 4.79 Å². The number of benzene rings is 1. The number of halogens is 1. The first-order valence-corrected chi connectivity index (χ1v) is 5.80. The zero-order valence-electron chi connectivity index (χ0n) is 9.86. The number of amides is 1. The van der Waals surface area contributed by atoms with Crippen LogP contribution in [0.2, 0.25) is 0 Å². The summed E-state index contributed by atoms with van der Waals surface area (Å²) in [6, 6.07) is 4.21. The van der Waals surface area contributed by atoms with Crippen molar-refractivity contribution in [1.82, 2.24) is 0 Å². The molecular formula is C13H15FN2O2. The van der Waals surface area contributed by atoms with Crippen molar-refractivity contribution in [2.24, 2.45) is 5.73 Å². The third kappa shape index (κ3) is 3.00. The summed E-state index contributed by atoms with van der Waals surface area (Å²) < 4.78 is 18.6. The van der Waals surface area contributed by atoms with E-state index in [-0.39, 0.29) is 11.7 Å². The van der Waals surface area contributed by atoms with Crippen molar-refractivity contribution < 1.29 is 13.9 Å². The van der Waals surface area contributed by atoms with E-state index in [4.69, 9.17) is 10.5 Å². The molecule has 0 saturated carbocycles. The van der Waals surface area contributed by atoms with Crippen LogP contribution in [0.4, 0.5) is 10.1 Å². The lowest BCUT2D eigenvalue weighted by Gasteiger charge is -2.20. The molecule has 1 aliphatic rings. The standard InChI is InChI=1S/C13H15FN2O2/c14-12-5-4-9(7-11(12)13(15)17)16-8-10-3-1-2-6-18-10/h2,4-7,10,16H,1,3,8H2,(H2,15,17). The zero-order chi connectivity index (χ0) is 13.0. The Morgan fingerprint density at radius 2 is 2.39 bits per heavy atom. The van der Waals surface area contributed by atoms with E-state index in [0.717, 1.165) is 12.8 Å². The number of allylic oxidation sites excluding steroid dienone is 1. The molecule has 96 valence electrons. The minimum Gasteiger partial charge on any atom is -0.497 e. The van der Waals surface area contributed by atoms with Gasteiger partial charge in [-0.25, -0.2) is 4.39 Å². The smallest absolute Gasteiger partial charge is 0.251 e. The first-order valence-electron chi connectivity index (χ1n) is 5.80. The first kappa shape index (κ1) is 12.4. The van der Waals surface area contributed by atoms with E-state index in [9.17, 15) is 9.18 Å². The van der Waals surface area contributed by atoms with Gasteiger partial charge in [0.15, 0.2) is 0 Å². The van der Waals surface area contributed by atoms with Gasteiger partial charge in [0.2, 0.25) is 0 Å². The van der Waals surface area contributed by atoms with E-state index in [1.807, 2.05) is 6.08 Å². The maximum absolute atomic E-state index is 13.3. The number of hydrogen-bond acceptors (Lipinski definition) is 3. The molecular weight excluding hydrogens is 235 g/mol. The topological polar surface area (TPSA) is 64.4 Å². The molecule has 0 fully saturated rings. The van der Waals surface area contributed by atoms with E-state index >= 15 is 0 Å². The normalized spacial score (nSPS) is 18.2. The van der Waals surface area contributed by atoms with Crippen molar-refractivity contribution in [3.63, 3.8) is 0 Å². The molecule has 1 aromatic rings. The minimum atomic E-state index is -0.770. The highest BCUT2D eigenvalue weighted by Gasteiger charge is 2.12. The molecule has 1 unspecified atom stereocenters. The Bertz CT molecular complexity index is 474. The molecule has 1 atom stereocenters. The summed E-state index contributed by atoms with van der Waals surface area (Å²) in [6.45, 7) is 0.605. The molecule has 0 radical (unpaired) electrons. The quantitative estimate of drug-likeness (QED) is 0.859. The summed E-state index contributed by atoms with van der Waals surface area (Å²) >= 11 is 0. The fourth-order valence-corrected chi connectivity index (χ4v) is 1.79. The van der Waals surface area contributed by atoms with Crippen molar-refractivity contribution in [3.05, 3.63) is 41.9 Å². The summed E-state index contributed by atoms with van der Waals surface area (Å²) in [6.07, 6.45) is 5.68. The van der Waals surface area contributed by atoms with Gasteiger partial charge in [-0.2, -0.15) is 0 Å². The molecule has 1 aromatic carbocycles. The minimum absolute atomic E-state index is 0.0945. The van der Waals surface area contributed by atoms with Gasteiger partial charge < -0.3 is 15.8 Å². The molecule has 1 heterocycles. The van der Waals surface area contributed by atoms with Crippen molar-refractivity contribution in [2.45, 2.75) is 18.9 Å². The highest BCUT2D eigenvalue weighted by molar-refractivity contribution is 5.94. The predicted octanol–water partition coefficient (Wildman–Crippen LogP) is 2.03. The molecule has 0 aliphatic carbocycles. The molecule has 0 aromatic heterocycles. The predicted molar refractivity (Wildman–Crippen MR) is 66.7 cm³/mol. The summed E-state index contributed by atoms with van der Waals surface area (Å²) in [5.74, 6) is -1.38. The summed E-state index contributed by atoms with van der Waals surface area (Å²) in [4.78, 5) is 11.0. The van der Waals surface area contributed by atoms with Gasteiger partial charge in [0.25, 0.3) is 5.91 Å². The van der Waals surface area contributed by atoms with Gasteiger partial charge in [0.05, 0.1) is 18.4 Å². The van der Waals surface area contributed by atoms with E-state index in [0.29, 0.717) is 12.2 Å². The average molecular weight is 250 g/mol. The second-order valence-corrected chi connectivity index (χ2v) is 4.15. The van der Waals surface area contributed by atoms with Crippen LogP contribution >= 0.6 is 0 Å². The van der Waals surface area contributed by atoms with Crippen LogP contribution in [-0.2, 0) is 4.74 Å². The van der Waals surface area contributed by atoms with Crippen LogP contribution in [0.15, 0.2) is 30.5 Å². The van der Waals surface area contributed by atoms with E-state index in [2.05, 4.69) is 5.32 Å². The van der Waals surface area contributed by atoms with Crippen LogP contribution < -0.4 is 11.1 Å². The average Bonchev–Trinajstić information content (AvgIpc) is 2.38. The van der Waals surface area contributed by atoms with Crippen molar-refractivity contribution in [1.29, 1.82) is 0 Å². The van der Waals surface area contributed by atoms with Gasteiger partial charge in [-0.1, -0.05) is 0 Å². The van der Waals surface area contributed by atoms with Crippen LogP contribution in [0, 0.1) is 5.82 Å². The lowest BCUT2D eigenvalue weighted by Crippen LogP contribution is -2.23. The molecule has 1 aliphatic heterocycles. The molecule has 0 saturated heterocycles. The number of nitrogens with two attached hydrogens (primary N) is 1. The summed E-state index contributed by atoms with van der Waals surface area (Å²) in [5.41, 5.74) is 5.63. The van der Waals surface area contributed by atoms with Crippen molar-refractivity contribution >= 4 is 11.6 Å². The molecule has 18 heavy (non-hydrogen) atoms. The second kappa shape index (κ2) is 5.53. The van der Waals surface area contributed by atoms with Gasteiger partial charge in [-0.15, -0.1) is 0 Å². The largest absolute Gasteiger partial charge is 0.497 e. The SMILES string of the molecule is NC(=O)c1cc(NCC2CCC=CO2)ccc1F. The number of hydrogen-bond donors (Lipinski definition) is 2. The summed E-state index contributed by atoms with van der Waals surface area (Å²) in [5, 5.41) is 3.10. The number of anilines is 1. The van der Waals surface area contributed by atoms with E-state index < -0.39 is 11.7 Å². The molecule has 0 spiro atoms. The summed E-state index contributed by atoms with van der Waals surface area (Å²) in [7, 11) is 0. The fraction of sp³-hybridized carbons (Fsp3) is 0.308. The molecule has 4 nitrogen and oxygen atoms in total. The maximum atomic E-state index is 13.3. The Kier molecular flexibility index (Phi) is 3.82. The molecule has 0 bridgehead atoms. The van der Waals surface area contributed by atoms with Gasteiger partial charge in [0, 0.05) is 5.69 Å². The Morgan fingerprint density at radius 3 is 3.06 bits per heavy atom. The number of primary amides is 1. The fourth-order valence-electron chi connectivity index (χ4n) is 1.79. The molecule has 1 amide bonds. The first-order chi connectivity index (χ1) is 8.66. The number of ether oxygens (including phenoxy) is 1. The van der Waals surface area contributed by atoms with E-state index in [1.54, 1.807) is 12.3 Å². The van der Waals surface area contributed by atoms with Crippen LogP contribution in [0.25, 0.3) is 0 Å². The van der Waals surface area contributed by atoms with Crippen molar-refractivity contribution in [2.75, 3.05) is 11.9 Å². The van der Waals surface area contributed by atoms with Crippen LogP contribution in [0.5, 0.6) is 0 Å². The van der Waals surface area contributed by atoms with Crippen LogP contribution in [0.3, 0.4) is 0 Å². The molecule has 2 rings (SSSR count). The van der Waals surface area contributed by atoms with Crippen LogP contribution in [-0.4, -0.2) is 18.6 Å². The Morgan fingerprint density at radius 1 is 1.56 bits per heavy atom. The monoisotopic (exact) mass is 250 g/mol. The Hall–Kier alpha value is -2.04. The Labute approximate surface area is 105 Å². The second-order valence-electron chi connectivity index (χ2n) is 4.15. The van der Waals surface area contributed by atoms with Gasteiger partial charge in [-0.05, 0) is 37.1 Å².